The van der Waals surface area contributed by atoms with Gasteiger partial charge in [-0.15, -0.1) is 0 Å². The normalized spacial score (nSPS) is 22.1. The van der Waals surface area contributed by atoms with Crippen molar-refractivity contribution in [2.24, 2.45) is 0 Å². The van der Waals surface area contributed by atoms with Gasteiger partial charge in [-0.3, -0.25) is 0 Å². The number of hydrogen-bond donors (Lipinski definition) is 1. The van der Waals surface area contributed by atoms with Crippen LogP contribution < -0.4 is 15.1 Å². The lowest BCUT2D eigenvalue weighted by Gasteiger charge is -2.47. The van der Waals surface area contributed by atoms with Crippen LogP contribution in [-0.4, -0.2) is 38.8 Å². The minimum atomic E-state index is 0.555. The van der Waals surface area contributed by atoms with Crippen LogP contribution in [-0.2, 0) is 0 Å². The van der Waals surface area contributed by atoms with Gasteiger partial charge in [0.15, 0.2) is 0 Å². The number of benzene rings is 1. The molecule has 4 nitrogen and oxygen atoms in total. The average molecular weight is 242 g/mol. The lowest BCUT2D eigenvalue weighted by molar-refractivity contribution is 0.460. The SMILES string of the molecule is CCN1CC2CNCCN2c2ccc(C#N)cc21. The van der Waals surface area contributed by atoms with Crippen molar-refractivity contribution in [3.63, 3.8) is 0 Å². The second-order valence-corrected chi connectivity index (χ2v) is 4.91. The highest BCUT2D eigenvalue weighted by Gasteiger charge is 2.31. The van der Waals surface area contributed by atoms with Crippen molar-refractivity contribution in [3.05, 3.63) is 23.8 Å². The number of fused-ring (bicyclic) bond motifs is 3. The third-order valence-corrected chi connectivity index (χ3v) is 3.92. The lowest BCUT2D eigenvalue weighted by atomic mass is 10.0. The molecule has 1 saturated heterocycles. The summed E-state index contributed by atoms with van der Waals surface area (Å²) < 4.78 is 0. The molecule has 1 N–H and O–H groups in total. The van der Waals surface area contributed by atoms with Gasteiger partial charge in [-0.05, 0) is 25.1 Å². The molecule has 0 aromatic heterocycles. The maximum absolute atomic E-state index is 9.04. The van der Waals surface area contributed by atoms with E-state index >= 15 is 0 Å². The number of nitrogens with one attached hydrogen (secondary N) is 1. The quantitative estimate of drug-likeness (QED) is 0.803. The maximum Gasteiger partial charge on any atom is 0.0992 e. The molecule has 0 saturated carbocycles. The molecule has 94 valence electrons. The van der Waals surface area contributed by atoms with Crippen LogP contribution in [0.5, 0.6) is 0 Å². The number of piperazine rings is 1. The van der Waals surface area contributed by atoms with Gasteiger partial charge in [-0.25, -0.2) is 0 Å². The van der Waals surface area contributed by atoms with Crippen molar-refractivity contribution in [2.75, 3.05) is 42.5 Å². The summed E-state index contributed by atoms with van der Waals surface area (Å²) in [6.07, 6.45) is 0. The monoisotopic (exact) mass is 242 g/mol. The number of nitrogens with zero attached hydrogens (tertiary/aromatic N) is 3. The third-order valence-electron chi connectivity index (χ3n) is 3.92. The average Bonchev–Trinajstić information content (AvgIpc) is 2.45. The Kier molecular flexibility index (Phi) is 2.85. The zero-order chi connectivity index (χ0) is 12.5. The molecule has 4 heteroatoms. The standard InChI is InChI=1S/C14H18N4/c1-2-17-10-12-9-16-5-6-18(12)13-4-3-11(8-15)7-14(13)17/h3-4,7,12,16H,2,5-6,9-10H2,1H3. The van der Waals surface area contributed by atoms with E-state index in [4.69, 9.17) is 5.26 Å². The largest absolute Gasteiger partial charge is 0.368 e. The van der Waals surface area contributed by atoms with Crippen molar-refractivity contribution in [2.45, 2.75) is 13.0 Å². The molecule has 1 fully saturated rings. The second-order valence-electron chi connectivity index (χ2n) is 4.91. The fourth-order valence-corrected chi connectivity index (χ4v) is 2.98. The molecule has 2 aliphatic rings. The summed E-state index contributed by atoms with van der Waals surface area (Å²) in [5.74, 6) is 0. The smallest absolute Gasteiger partial charge is 0.0992 e. The maximum atomic E-state index is 9.04. The van der Waals surface area contributed by atoms with E-state index < -0.39 is 0 Å². The molecular formula is C14H18N4. The van der Waals surface area contributed by atoms with E-state index in [9.17, 15) is 0 Å². The first kappa shape index (κ1) is 11.4. The van der Waals surface area contributed by atoms with Gasteiger partial charge >= 0.3 is 0 Å². The third kappa shape index (κ3) is 1.72. The topological polar surface area (TPSA) is 42.3 Å². The van der Waals surface area contributed by atoms with Crippen LogP contribution in [0.3, 0.4) is 0 Å². The lowest BCUT2D eigenvalue weighted by Crippen LogP contribution is -2.58. The van der Waals surface area contributed by atoms with E-state index in [0.29, 0.717) is 6.04 Å². The molecule has 0 spiro atoms. The Morgan fingerprint density at radius 3 is 3.11 bits per heavy atom. The molecule has 2 heterocycles. The Morgan fingerprint density at radius 1 is 1.44 bits per heavy atom. The van der Waals surface area contributed by atoms with Crippen molar-refractivity contribution in [3.8, 4) is 6.07 Å². The van der Waals surface area contributed by atoms with Gasteiger partial charge in [0.2, 0.25) is 0 Å². The fraction of sp³-hybridized carbons (Fsp3) is 0.500. The van der Waals surface area contributed by atoms with Crippen LogP contribution in [0.15, 0.2) is 18.2 Å². The zero-order valence-corrected chi connectivity index (χ0v) is 10.7. The van der Waals surface area contributed by atoms with Crippen molar-refractivity contribution in [1.29, 1.82) is 5.26 Å². The Hall–Kier alpha value is -1.73. The summed E-state index contributed by atoms with van der Waals surface area (Å²) in [6.45, 7) is 7.37. The Balaban J connectivity index is 2.05. The number of likely N-dealkylation sites (N-methyl/N-ethyl adjacent to an activating group) is 1. The van der Waals surface area contributed by atoms with Crippen LogP contribution in [0.25, 0.3) is 0 Å². The van der Waals surface area contributed by atoms with E-state index in [1.807, 2.05) is 12.1 Å². The van der Waals surface area contributed by atoms with E-state index in [1.54, 1.807) is 0 Å². The summed E-state index contributed by atoms with van der Waals surface area (Å²) in [5, 5.41) is 12.5. The molecule has 1 unspecified atom stereocenters. The molecular weight excluding hydrogens is 224 g/mol. The summed E-state index contributed by atoms with van der Waals surface area (Å²) in [6, 6.07) is 8.85. The molecule has 2 aliphatic heterocycles. The number of anilines is 2. The van der Waals surface area contributed by atoms with Crippen molar-refractivity contribution >= 4 is 11.4 Å². The van der Waals surface area contributed by atoms with Crippen LogP contribution in [0, 0.1) is 11.3 Å². The molecule has 0 aliphatic carbocycles. The first-order valence-corrected chi connectivity index (χ1v) is 6.60. The number of rotatable bonds is 1. The molecule has 3 rings (SSSR count). The first-order valence-electron chi connectivity index (χ1n) is 6.60. The Labute approximate surface area is 108 Å². The van der Waals surface area contributed by atoms with E-state index in [1.165, 1.54) is 11.4 Å². The van der Waals surface area contributed by atoms with Gasteiger partial charge in [-0.1, -0.05) is 0 Å². The van der Waals surface area contributed by atoms with Crippen LogP contribution >= 0.6 is 0 Å². The molecule has 0 bridgehead atoms. The summed E-state index contributed by atoms with van der Waals surface area (Å²) >= 11 is 0. The number of nitriles is 1. The fourth-order valence-electron chi connectivity index (χ4n) is 2.98. The van der Waals surface area contributed by atoms with Crippen molar-refractivity contribution < 1.29 is 0 Å². The zero-order valence-electron chi connectivity index (χ0n) is 10.7. The van der Waals surface area contributed by atoms with Gasteiger partial charge in [-0.2, -0.15) is 5.26 Å². The minimum Gasteiger partial charge on any atom is -0.368 e. The minimum absolute atomic E-state index is 0.555. The highest BCUT2D eigenvalue weighted by atomic mass is 15.3. The van der Waals surface area contributed by atoms with Crippen LogP contribution in [0.4, 0.5) is 11.4 Å². The molecule has 0 amide bonds. The predicted octanol–water partition coefficient (Wildman–Crippen LogP) is 1.18. The highest BCUT2D eigenvalue weighted by Crippen LogP contribution is 2.36. The van der Waals surface area contributed by atoms with Crippen LogP contribution in [0.1, 0.15) is 12.5 Å². The van der Waals surface area contributed by atoms with Crippen molar-refractivity contribution in [1.82, 2.24) is 5.32 Å². The number of hydrogen-bond acceptors (Lipinski definition) is 4. The van der Waals surface area contributed by atoms with Gasteiger partial charge in [0.05, 0.1) is 29.0 Å². The molecule has 1 atom stereocenters. The van der Waals surface area contributed by atoms with E-state index in [-0.39, 0.29) is 0 Å². The Bertz CT molecular complexity index is 491. The highest BCUT2D eigenvalue weighted by molar-refractivity contribution is 5.76. The van der Waals surface area contributed by atoms with E-state index in [0.717, 1.165) is 38.3 Å². The molecule has 18 heavy (non-hydrogen) atoms. The van der Waals surface area contributed by atoms with Gasteiger partial charge in [0, 0.05) is 32.7 Å². The molecule has 1 aromatic rings. The van der Waals surface area contributed by atoms with Gasteiger partial charge in [0.1, 0.15) is 0 Å². The summed E-state index contributed by atoms with van der Waals surface area (Å²) in [5.41, 5.74) is 3.25. The van der Waals surface area contributed by atoms with E-state index in [2.05, 4.69) is 34.2 Å². The summed E-state index contributed by atoms with van der Waals surface area (Å²) in [7, 11) is 0. The van der Waals surface area contributed by atoms with Crippen LogP contribution in [0.2, 0.25) is 0 Å². The first-order chi connectivity index (χ1) is 8.83. The molecule has 1 aromatic carbocycles. The van der Waals surface area contributed by atoms with Gasteiger partial charge in [0.25, 0.3) is 0 Å². The van der Waals surface area contributed by atoms with Gasteiger partial charge < -0.3 is 15.1 Å². The molecule has 0 radical (unpaired) electrons. The predicted molar refractivity (Wildman–Crippen MR) is 73.0 cm³/mol. The summed E-state index contributed by atoms with van der Waals surface area (Å²) in [4.78, 5) is 4.86. The Morgan fingerprint density at radius 2 is 2.33 bits per heavy atom. The second kappa shape index (κ2) is 4.51.